The van der Waals surface area contributed by atoms with Gasteiger partial charge < -0.3 is 15.1 Å². The number of nitrogens with zero attached hydrogens (tertiary/aromatic N) is 1. The van der Waals surface area contributed by atoms with E-state index in [9.17, 15) is 4.79 Å². The van der Waals surface area contributed by atoms with Gasteiger partial charge in [0.15, 0.2) is 0 Å². The van der Waals surface area contributed by atoms with Crippen LogP contribution in [-0.2, 0) is 4.79 Å². The molecule has 4 heteroatoms. The number of aliphatic hydroxyl groups excluding tert-OH is 1. The highest BCUT2D eigenvalue weighted by atomic mass is 16.4. The van der Waals surface area contributed by atoms with Crippen LogP contribution in [-0.4, -0.2) is 47.3 Å². The molecule has 0 saturated heterocycles. The summed E-state index contributed by atoms with van der Waals surface area (Å²) in [4.78, 5) is 12.3. The highest BCUT2D eigenvalue weighted by Gasteiger charge is 2.02. The van der Waals surface area contributed by atoms with Crippen LogP contribution in [0.1, 0.15) is 20.3 Å². The van der Waals surface area contributed by atoms with E-state index in [2.05, 4.69) is 0 Å². The van der Waals surface area contributed by atoms with Crippen molar-refractivity contribution < 1.29 is 15.0 Å². The molecule has 4 nitrogen and oxygen atoms in total. The van der Waals surface area contributed by atoms with E-state index in [0.29, 0.717) is 13.0 Å². The third-order valence-electron chi connectivity index (χ3n) is 1.82. The molecule has 0 aromatic carbocycles. The van der Waals surface area contributed by atoms with Crippen LogP contribution < -0.4 is 0 Å². The van der Waals surface area contributed by atoms with E-state index < -0.39 is 5.97 Å². The average Bonchev–Trinajstić information content (AvgIpc) is 1.98. The van der Waals surface area contributed by atoms with Crippen molar-refractivity contribution in [2.24, 2.45) is 0 Å². The van der Waals surface area contributed by atoms with Crippen LogP contribution in [0.4, 0.5) is 0 Å². The Morgan fingerprint density at radius 1 is 1.57 bits per heavy atom. The summed E-state index contributed by atoms with van der Waals surface area (Å²) in [6.45, 7) is 4.92. The zero-order valence-corrected chi connectivity index (χ0v) is 9.03. The first-order valence-corrected chi connectivity index (χ1v) is 4.68. The largest absolute Gasteiger partial charge is 0.478 e. The zero-order valence-electron chi connectivity index (χ0n) is 9.03. The van der Waals surface area contributed by atoms with Crippen molar-refractivity contribution in [1.29, 1.82) is 0 Å². The molecule has 0 radical (unpaired) electrons. The summed E-state index contributed by atoms with van der Waals surface area (Å²) in [5.74, 6) is -0.911. The molecule has 0 aromatic heterocycles. The predicted molar refractivity (Wildman–Crippen MR) is 55.2 cm³/mol. The maximum atomic E-state index is 10.3. The van der Waals surface area contributed by atoms with E-state index in [0.717, 1.165) is 12.1 Å². The van der Waals surface area contributed by atoms with Gasteiger partial charge in [-0.2, -0.15) is 0 Å². The van der Waals surface area contributed by atoms with Gasteiger partial charge >= 0.3 is 5.97 Å². The van der Waals surface area contributed by atoms with Crippen LogP contribution in [0.25, 0.3) is 0 Å². The van der Waals surface area contributed by atoms with Crippen molar-refractivity contribution in [2.45, 2.75) is 26.4 Å². The number of carboxylic acid groups (broad SMARTS) is 1. The zero-order chi connectivity index (χ0) is 11.1. The van der Waals surface area contributed by atoms with Gasteiger partial charge in [0.2, 0.25) is 0 Å². The molecule has 0 aliphatic heterocycles. The second-order valence-electron chi connectivity index (χ2n) is 3.70. The number of hydrogen-bond donors (Lipinski definition) is 2. The van der Waals surface area contributed by atoms with Crippen molar-refractivity contribution >= 4 is 5.97 Å². The third kappa shape index (κ3) is 7.76. The van der Waals surface area contributed by atoms with Crippen LogP contribution in [0.2, 0.25) is 0 Å². The Morgan fingerprint density at radius 3 is 2.57 bits per heavy atom. The highest BCUT2D eigenvalue weighted by Crippen LogP contribution is 1.99. The molecule has 0 heterocycles. The number of likely N-dealkylation sites (N-methyl/N-ethyl adjacent to an activating group) is 1. The van der Waals surface area contributed by atoms with Crippen molar-refractivity contribution in [3.05, 3.63) is 11.6 Å². The summed E-state index contributed by atoms with van der Waals surface area (Å²) in [6.07, 6.45) is 1.61. The molecule has 0 aromatic rings. The molecule has 0 fully saturated rings. The summed E-state index contributed by atoms with van der Waals surface area (Å²) >= 11 is 0. The van der Waals surface area contributed by atoms with E-state index in [1.165, 1.54) is 6.08 Å². The van der Waals surface area contributed by atoms with Crippen molar-refractivity contribution in [3.63, 3.8) is 0 Å². The highest BCUT2D eigenvalue weighted by molar-refractivity contribution is 5.80. The molecule has 0 saturated carbocycles. The van der Waals surface area contributed by atoms with Crippen LogP contribution in [0.15, 0.2) is 11.6 Å². The first-order valence-electron chi connectivity index (χ1n) is 4.68. The van der Waals surface area contributed by atoms with Gasteiger partial charge in [-0.05, 0) is 27.3 Å². The Balaban J connectivity index is 3.82. The van der Waals surface area contributed by atoms with Gasteiger partial charge in [0.05, 0.1) is 6.10 Å². The first kappa shape index (κ1) is 13.1. The summed E-state index contributed by atoms with van der Waals surface area (Å²) < 4.78 is 0. The van der Waals surface area contributed by atoms with Gasteiger partial charge in [-0.15, -0.1) is 0 Å². The molecule has 0 bridgehead atoms. The Hall–Kier alpha value is -0.870. The molecule has 0 aliphatic rings. The summed E-state index contributed by atoms with van der Waals surface area (Å²) in [5, 5.41) is 17.5. The normalized spacial score (nSPS) is 14.5. The number of aliphatic hydroxyl groups is 1. The van der Waals surface area contributed by atoms with E-state index in [4.69, 9.17) is 10.2 Å². The fourth-order valence-electron chi connectivity index (χ4n) is 1.17. The maximum absolute atomic E-state index is 10.3. The topological polar surface area (TPSA) is 60.8 Å². The minimum absolute atomic E-state index is 0.304. The molecule has 1 unspecified atom stereocenters. The lowest BCUT2D eigenvalue weighted by molar-refractivity contribution is -0.131. The minimum atomic E-state index is -0.911. The molecule has 0 amide bonds. The van der Waals surface area contributed by atoms with E-state index in [1.807, 2.05) is 11.9 Å². The first-order chi connectivity index (χ1) is 6.41. The Kier molecular flexibility index (Phi) is 6.16. The van der Waals surface area contributed by atoms with Gasteiger partial charge in [0, 0.05) is 19.2 Å². The van der Waals surface area contributed by atoms with Crippen LogP contribution in [0.3, 0.4) is 0 Å². The number of carboxylic acids is 1. The smallest absolute Gasteiger partial charge is 0.328 e. The van der Waals surface area contributed by atoms with Crippen molar-refractivity contribution in [1.82, 2.24) is 4.90 Å². The van der Waals surface area contributed by atoms with E-state index >= 15 is 0 Å². The Morgan fingerprint density at radius 2 is 2.14 bits per heavy atom. The fourth-order valence-corrected chi connectivity index (χ4v) is 1.17. The molecule has 2 N–H and O–H groups in total. The molecule has 0 spiro atoms. The molecular formula is C10H19NO3. The van der Waals surface area contributed by atoms with Gasteiger partial charge in [0.1, 0.15) is 0 Å². The van der Waals surface area contributed by atoms with Crippen molar-refractivity contribution in [3.8, 4) is 0 Å². The van der Waals surface area contributed by atoms with Crippen molar-refractivity contribution in [2.75, 3.05) is 20.1 Å². The van der Waals surface area contributed by atoms with Crippen LogP contribution in [0, 0.1) is 0 Å². The van der Waals surface area contributed by atoms with Gasteiger partial charge in [0.25, 0.3) is 0 Å². The van der Waals surface area contributed by atoms with Gasteiger partial charge in [-0.1, -0.05) is 5.57 Å². The molecule has 1 atom stereocenters. The fraction of sp³-hybridized carbons (Fsp3) is 0.700. The Labute approximate surface area is 84.8 Å². The molecule has 0 rings (SSSR count). The monoisotopic (exact) mass is 201 g/mol. The second kappa shape index (κ2) is 6.56. The third-order valence-corrected chi connectivity index (χ3v) is 1.82. The number of rotatable bonds is 6. The van der Waals surface area contributed by atoms with Gasteiger partial charge in [-0.25, -0.2) is 4.79 Å². The summed E-state index contributed by atoms with van der Waals surface area (Å²) in [6, 6.07) is 0. The minimum Gasteiger partial charge on any atom is -0.478 e. The van der Waals surface area contributed by atoms with Crippen LogP contribution in [0.5, 0.6) is 0 Å². The summed E-state index contributed by atoms with van der Waals surface area (Å²) in [7, 11) is 1.90. The standard InChI is InChI=1S/C10H19NO3/c1-8(6-10(13)14)7-11(3)5-4-9(2)12/h6,9,12H,4-5,7H2,1-3H3,(H,13,14). The number of carbonyl (C=O) groups is 1. The van der Waals surface area contributed by atoms with Crippen LogP contribution >= 0.6 is 0 Å². The molecule has 0 aliphatic carbocycles. The SMILES string of the molecule is CC(=CC(=O)O)CN(C)CCC(C)O. The number of hydrogen-bond acceptors (Lipinski definition) is 3. The quantitative estimate of drug-likeness (QED) is 0.622. The molecule has 14 heavy (non-hydrogen) atoms. The van der Waals surface area contributed by atoms with Gasteiger partial charge in [-0.3, -0.25) is 0 Å². The van der Waals surface area contributed by atoms with E-state index in [-0.39, 0.29) is 6.10 Å². The predicted octanol–water partition coefficient (Wildman–Crippen LogP) is 0.720. The Bertz CT molecular complexity index is 211. The summed E-state index contributed by atoms with van der Waals surface area (Å²) in [5.41, 5.74) is 0.811. The molecule has 82 valence electrons. The lowest BCUT2D eigenvalue weighted by Crippen LogP contribution is -2.24. The molecular weight excluding hydrogens is 182 g/mol. The van der Waals surface area contributed by atoms with E-state index in [1.54, 1.807) is 13.8 Å². The average molecular weight is 201 g/mol. The number of aliphatic carboxylic acids is 1. The lowest BCUT2D eigenvalue weighted by Gasteiger charge is -2.17. The lowest BCUT2D eigenvalue weighted by atomic mass is 10.2. The maximum Gasteiger partial charge on any atom is 0.328 e. The second-order valence-corrected chi connectivity index (χ2v) is 3.70.